The lowest BCUT2D eigenvalue weighted by Crippen LogP contribution is -2.46. The van der Waals surface area contributed by atoms with E-state index >= 15 is 0 Å². The van der Waals surface area contributed by atoms with Gasteiger partial charge in [0.15, 0.2) is 0 Å². The van der Waals surface area contributed by atoms with E-state index in [0.717, 1.165) is 13.1 Å². The molecule has 0 spiro atoms. The minimum absolute atomic E-state index is 0.570. The van der Waals surface area contributed by atoms with Gasteiger partial charge in [-0.2, -0.15) is 0 Å². The summed E-state index contributed by atoms with van der Waals surface area (Å²) in [6, 6.07) is 5.86. The Balaban J connectivity index is 0.00000102. The first-order valence-corrected chi connectivity index (χ1v) is 9.06. The van der Waals surface area contributed by atoms with E-state index in [-0.39, 0.29) is 0 Å². The smallest absolute Gasteiger partial charge is 0.0610 e. The summed E-state index contributed by atoms with van der Waals surface area (Å²) in [7, 11) is 0. The molecule has 2 heteroatoms. The van der Waals surface area contributed by atoms with Crippen molar-refractivity contribution in [2.24, 2.45) is 0 Å². The van der Waals surface area contributed by atoms with E-state index in [0.29, 0.717) is 12.1 Å². The molecule has 1 aromatic rings. The standard InChI is InChI=1S/C16H26N2.2C2H6/c1-11(2)17-7-8-18(12(3)4)16-10-14(6)13(5)9-15(16)17;2*1-2/h9-12H,7-8H2,1-6H3;2*1-2H3. The van der Waals surface area contributed by atoms with Crippen LogP contribution in [0.4, 0.5) is 11.4 Å². The van der Waals surface area contributed by atoms with Crippen LogP contribution in [0.3, 0.4) is 0 Å². The van der Waals surface area contributed by atoms with E-state index in [1.54, 1.807) is 0 Å². The van der Waals surface area contributed by atoms with Gasteiger partial charge in [0.1, 0.15) is 0 Å². The van der Waals surface area contributed by atoms with E-state index in [4.69, 9.17) is 0 Å². The largest absolute Gasteiger partial charge is 0.366 e. The first kappa shape index (κ1) is 20.8. The summed E-state index contributed by atoms with van der Waals surface area (Å²) in [5.41, 5.74) is 5.61. The SMILES string of the molecule is CC.CC.Cc1cc2c(cc1C)N(C(C)C)CCN2C(C)C. The molecule has 0 N–H and O–H groups in total. The maximum absolute atomic E-state index is 2.53. The summed E-state index contributed by atoms with van der Waals surface area (Å²) in [4.78, 5) is 5.06. The highest BCUT2D eigenvalue weighted by Crippen LogP contribution is 2.37. The average Bonchev–Trinajstić information content (AvgIpc) is 2.51. The molecule has 0 saturated heterocycles. The summed E-state index contributed by atoms with van der Waals surface area (Å²) in [6.07, 6.45) is 0. The Labute approximate surface area is 139 Å². The normalized spacial score (nSPS) is 13.3. The number of hydrogen-bond acceptors (Lipinski definition) is 2. The van der Waals surface area contributed by atoms with Crippen LogP contribution in [0.2, 0.25) is 0 Å². The molecule has 0 saturated carbocycles. The highest BCUT2D eigenvalue weighted by molar-refractivity contribution is 5.76. The molecule has 1 aliphatic rings. The van der Waals surface area contributed by atoms with Gasteiger partial charge < -0.3 is 9.80 Å². The molecular weight excluding hydrogens is 268 g/mol. The highest BCUT2D eigenvalue weighted by atomic mass is 15.3. The summed E-state index contributed by atoms with van der Waals surface area (Å²) in [5.74, 6) is 0. The Morgan fingerprint density at radius 1 is 0.682 bits per heavy atom. The van der Waals surface area contributed by atoms with Gasteiger partial charge >= 0.3 is 0 Å². The Bertz CT molecular complexity index is 395. The van der Waals surface area contributed by atoms with Crippen molar-refractivity contribution in [2.45, 2.75) is 81.3 Å². The lowest BCUT2D eigenvalue weighted by molar-refractivity contribution is 0.602. The van der Waals surface area contributed by atoms with E-state index in [1.807, 2.05) is 27.7 Å². The molecule has 2 nitrogen and oxygen atoms in total. The summed E-state index contributed by atoms with van der Waals surface area (Å²) in [5, 5.41) is 0. The number of aryl methyl sites for hydroxylation is 2. The second-order valence-electron chi connectivity index (χ2n) is 6.00. The van der Waals surface area contributed by atoms with Crippen molar-refractivity contribution in [3.8, 4) is 0 Å². The predicted molar refractivity (Wildman–Crippen MR) is 104 cm³/mol. The van der Waals surface area contributed by atoms with Crippen molar-refractivity contribution in [3.05, 3.63) is 23.3 Å². The minimum atomic E-state index is 0.570. The van der Waals surface area contributed by atoms with Crippen LogP contribution in [0, 0.1) is 13.8 Å². The lowest BCUT2D eigenvalue weighted by atomic mass is 10.0. The third kappa shape index (κ3) is 4.66. The third-order valence-electron chi connectivity index (χ3n) is 4.04. The van der Waals surface area contributed by atoms with Gasteiger partial charge in [-0.15, -0.1) is 0 Å². The summed E-state index contributed by atoms with van der Waals surface area (Å²) in [6.45, 7) is 23.8. The molecule has 0 atom stereocenters. The van der Waals surface area contributed by atoms with Gasteiger partial charge in [-0.25, -0.2) is 0 Å². The van der Waals surface area contributed by atoms with Crippen molar-refractivity contribution < 1.29 is 0 Å². The summed E-state index contributed by atoms with van der Waals surface area (Å²) >= 11 is 0. The van der Waals surface area contributed by atoms with Crippen molar-refractivity contribution in [3.63, 3.8) is 0 Å². The lowest BCUT2D eigenvalue weighted by Gasteiger charge is -2.43. The summed E-state index contributed by atoms with van der Waals surface area (Å²) < 4.78 is 0. The Morgan fingerprint density at radius 2 is 0.955 bits per heavy atom. The van der Waals surface area contributed by atoms with Crippen molar-refractivity contribution in [1.82, 2.24) is 0 Å². The molecule has 0 unspecified atom stereocenters. The number of rotatable bonds is 2. The van der Waals surface area contributed by atoms with Gasteiger partial charge in [0.25, 0.3) is 0 Å². The van der Waals surface area contributed by atoms with Crippen LogP contribution in [0.1, 0.15) is 66.5 Å². The van der Waals surface area contributed by atoms with Crippen LogP contribution in [0.25, 0.3) is 0 Å². The molecule has 0 aliphatic carbocycles. The molecule has 1 heterocycles. The Kier molecular flexibility index (Phi) is 9.24. The maximum atomic E-state index is 2.53. The fourth-order valence-corrected chi connectivity index (χ4v) is 2.77. The van der Waals surface area contributed by atoms with Crippen LogP contribution in [-0.4, -0.2) is 25.2 Å². The first-order valence-electron chi connectivity index (χ1n) is 9.06. The first-order chi connectivity index (χ1) is 10.4. The molecule has 0 amide bonds. The fraction of sp³-hybridized carbons (Fsp3) is 0.700. The maximum Gasteiger partial charge on any atom is 0.0610 e. The van der Waals surface area contributed by atoms with E-state index in [9.17, 15) is 0 Å². The number of hydrogen-bond donors (Lipinski definition) is 0. The van der Waals surface area contributed by atoms with Gasteiger partial charge in [0.05, 0.1) is 11.4 Å². The topological polar surface area (TPSA) is 6.48 Å². The van der Waals surface area contributed by atoms with Gasteiger partial charge in [-0.1, -0.05) is 27.7 Å². The van der Waals surface area contributed by atoms with Crippen molar-refractivity contribution in [1.29, 1.82) is 0 Å². The van der Waals surface area contributed by atoms with Gasteiger partial charge in [-0.3, -0.25) is 0 Å². The molecule has 0 bridgehead atoms. The predicted octanol–water partition coefficient (Wildman–Crippen LogP) is 5.80. The highest BCUT2D eigenvalue weighted by Gasteiger charge is 2.26. The third-order valence-corrected chi connectivity index (χ3v) is 4.04. The number of fused-ring (bicyclic) bond motifs is 1. The molecule has 128 valence electrons. The van der Waals surface area contributed by atoms with Crippen LogP contribution in [0.15, 0.2) is 12.1 Å². The molecule has 22 heavy (non-hydrogen) atoms. The quantitative estimate of drug-likeness (QED) is 0.681. The molecule has 0 radical (unpaired) electrons. The number of anilines is 2. The molecule has 0 aromatic heterocycles. The second kappa shape index (κ2) is 9.76. The van der Waals surface area contributed by atoms with E-state index < -0.39 is 0 Å². The second-order valence-corrected chi connectivity index (χ2v) is 6.00. The van der Waals surface area contributed by atoms with Gasteiger partial charge in [0, 0.05) is 25.2 Å². The Hall–Kier alpha value is -1.18. The zero-order valence-corrected chi connectivity index (χ0v) is 16.6. The molecule has 2 rings (SSSR count). The van der Waals surface area contributed by atoms with Crippen molar-refractivity contribution in [2.75, 3.05) is 22.9 Å². The monoisotopic (exact) mass is 306 g/mol. The van der Waals surface area contributed by atoms with Crippen molar-refractivity contribution >= 4 is 11.4 Å². The fourth-order valence-electron chi connectivity index (χ4n) is 2.77. The van der Waals surface area contributed by atoms with Crippen LogP contribution >= 0.6 is 0 Å². The minimum Gasteiger partial charge on any atom is -0.366 e. The molecule has 1 aliphatic heterocycles. The molecule has 0 fully saturated rings. The van der Waals surface area contributed by atoms with Gasteiger partial charge in [0.2, 0.25) is 0 Å². The average molecular weight is 307 g/mol. The van der Waals surface area contributed by atoms with E-state index in [1.165, 1.54) is 22.5 Å². The van der Waals surface area contributed by atoms with Crippen LogP contribution in [0.5, 0.6) is 0 Å². The van der Waals surface area contributed by atoms with Gasteiger partial charge in [-0.05, 0) is 64.8 Å². The Morgan fingerprint density at radius 3 is 1.18 bits per heavy atom. The number of benzene rings is 1. The molecular formula is C20H38N2. The van der Waals surface area contributed by atoms with Crippen LogP contribution in [-0.2, 0) is 0 Å². The molecule has 1 aromatic carbocycles. The van der Waals surface area contributed by atoms with E-state index in [2.05, 4.69) is 63.5 Å². The zero-order valence-electron chi connectivity index (χ0n) is 16.6. The number of nitrogens with zero attached hydrogens (tertiary/aromatic N) is 2. The van der Waals surface area contributed by atoms with Crippen LogP contribution < -0.4 is 9.80 Å². The zero-order chi connectivity index (χ0) is 17.4.